The van der Waals surface area contributed by atoms with Gasteiger partial charge in [0.1, 0.15) is 6.10 Å². The highest BCUT2D eigenvalue weighted by atomic mass is 32.1. The van der Waals surface area contributed by atoms with E-state index in [0.717, 1.165) is 27.0 Å². The lowest BCUT2D eigenvalue weighted by molar-refractivity contribution is -0.0661. The van der Waals surface area contributed by atoms with Crippen LogP contribution in [-0.4, -0.2) is 61.5 Å². The molecule has 12 heteroatoms. The van der Waals surface area contributed by atoms with E-state index < -0.39 is 12.0 Å². The Morgan fingerprint density at radius 3 is 2.72 bits per heavy atom. The van der Waals surface area contributed by atoms with Crippen LogP contribution in [0.15, 0.2) is 42.9 Å². The fraction of sp³-hybridized carbons (Fsp3) is 0.370. The van der Waals surface area contributed by atoms with Crippen LogP contribution in [0.1, 0.15) is 44.2 Å². The molecule has 0 aliphatic carbocycles. The van der Waals surface area contributed by atoms with Gasteiger partial charge in [-0.3, -0.25) is 15.2 Å². The summed E-state index contributed by atoms with van der Waals surface area (Å²) >= 11 is 1.33. The number of benzene rings is 1. The van der Waals surface area contributed by atoms with Gasteiger partial charge >= 0.3 is 6.03 Å². The number of rotatable bonds is 7. The molecule has 4 aromatic rings. The number of nitrogens with zero attached hydrogens (tertiary/aromatic N) is 5. The SMILES string of the molecule is CCNC(=O)Nc1nc2cc(-c3cnc(C(C)O)nc3)cc(-c3cc(CN4CCCC(F)(F)C4)ccn3)c2s1. The van der Waals surface area contributed by atoms with E-state index in [1.807, 2.05) is 31.2 Å². The molecule has 204 valence electrons. The smallest absolute Gasteiger partial charge is 0.321 e. The van der Waals surface area contributed by atoms with Gasteiger partial charge in [0.25, 0.3) is 5.92 Å². The number of alkyl halides is 2. The van der Waals surface area contributed by atoms with E-state index in [-0.39, 0.29) is 19.0 Å². The molecule has 1 unspecified atom stereocenters. The number of fused-ring (bicyclic) bond motifs is 1. The van der Waals surface area contributed by atoms with Crippen molar-refractivity contribution in [1.29, 1.82) is 0 Å². The minimum Gasteiger partial charge on any atom is -0.385 e. The molecule has 3 aromatic heterocycles. The van der Waals surface area contributed by atoms with E-state index in [1.54, 1.807) is 30.4 Å². The number of aliphatic hydroxyl groups excluding tert-OH is 1. The molecule has 1 fully saturated rings. The minimum atomic E-state index is -2.67. The third kappa shape index (κ3) is 6.35. The van der Waals surface area contributed by atoms with Gasteiger partial charge in [0.2, 0.25) is 0 Å². The molecule has 2 amide bonds. The van der Waals surface area contributed by atoms with Crippen molar-refractivity contribution in [1.82, 2.24) is 30.2 Å². The quantitative estimate of drug-likeness (QED) is 0.287. The predicted molar refractivity (Wildman–Crippen MR) is 147 cm³/mol. The summed E-state index contributed by atoms with van der Waals surface area (Å²) in [5, 5.41) is 15.7. The van der Waals surface area contributed by atoms with Gasteiger partial charge in [0.05, 0.1) is 22.5 Å². The van der Waals surface area contributed by atoms with Crippen LogP contribution in [0, 0.1) is 0 Å². The zero-order valence-electron chi connectivity index (χ0n) is 21.6. The van der Waals surface area contributed by atoms with Crippen LogP contribution in [0.2, 0.25) is 0 Å². The number of likely N-dealkylation sites (tertiary alicyclic amines) is 1. The van der Waals surface area contributed by atoms with Gasteiger partial charge in [-0.15, -0.1) is 0 Å². The van der Waals surface area contributed by atoms with Crippen LogP contribution >= 0.6 is 11.3 Å². The number of carbonyl (C=O) groups excluding carboxylic acids is 1. The molecule has 1 atom stereocenters. The van der Waals surface area contributed by atoms with E-state index in [9.17, 15) is 18.7 Å². The van der Waals surface area contributed by atoms with Crippen molar-refractivity contribution in [3.8, 4) is 22.4 Å². The molecule has 5 rings (SSSR count). The number of hydrogen-bond donors (Lipinski definition) is 3. The molecule has 0 bridgehead atoms. The van der Waals surface area contributed by atoms with Crippen molar-refractivity contribution in [2.75, 3.05) is 25.0 Å². The second kappa shape index (κ2) is 11.2. The zero-order chi connectivity index (χ0) is 27.6. The third-order valence-electron chi connectivity index (χ3n) is 6.40. The van der Waals surface area contributed by atoms with Gasteiger partial charge in [-0.25, -0.2) is 28.5 Å². The second-order valence-corrected chi connectivity index (χ2v) is 10.6. The lowest BCUT2D eigenvalue weighted by Crippen LogP contribution is -2.42. The average Bonchev–Trinajstić information content (AvgIpc) is 3.30. The van der Waals surface area contributed by atoms with E-state index in [2.05, 4.69) is 30.6 Å². The highest BCUT2D eigenvalue weighted by molar-refractivity contribution is 7.22. The Kier molecular flexibility index (Phi) is 7.78. The van der Waals surface area contributed by atoms with Crippen LogP contribution in [0.25, 0.3) is 32.6 Å². The molecule has 4 heterocycles. The Bertz CT molecular complexity index is 1480. The first-order chi connectivity index (χ1) is 18.7. The summed E-state index contributed by atoms with van der Waals surface area (Å²) in [7, 11) is 0. The number of carbonyl (C=O) groups is 1. The van der Waals surface area contributed by atoms with Crippen molar-refractivity contribution in [3.63, 3.8) is 0 Å². The molecule has 3 N–H and O–H groups in total. The van der Waals surface area contributed by atoms with Gasteiger partial charge in [0, 0.05) is 49.2 Å². The Balaban J connectivity index is 1.54. The number of nitrogens with one attached hydrogen (secondary N) is 2. The van der Waals surface area contributed by atoms with Gasteiger partial charge in [0.15, 0.2) is 11.0 Å². The molecule has 0 spiro atoms. The summed E-state index contributed by atoms with van der Waals surface area (Å²) in [5.41, 5.74) is 4.49. The first-order valence-corrected chi connectivity index (χ1v) is 13.6. The number of aliphatic hydroxyl groups is 1. The molecular weight excluding hydrogens is 524 g/mol. The van der Waals surface area contributed by atoms with Crippen molar-refractivity contribution in [3.05, 3.63) is 54.2 Å². The lowest BCUT2D eigenvalue weighted by atomic mass is 10.0. The molecule has 1 aliphatic heterocycles. The summed E-state index contributed by atoms with van der Waals surface area (Å²) < 4.78 is 28.8. The number of thiazole rings is 1. The van der Waals surface area contributed by atoms with Crippen molar-refractivity contribution < 1.29 is 18.7 Å². The van der Waals surface area contributed by atoms with Crippen LogP contribution in [0.4, 0.5) is 18.7 Å². The minimum absolute atomic E-state index is 0.0736. The molecule has 1 aromatic carbocycles. The van der Waals surface area contributed by atoms with Gasteiger partial charge in [-0.05, 0) is 62.2 Å². The number of urea groups is 1. The average molecular weight is 554 g/mol. The van der Waals surface area contributed by atoms with E-state index >= 15 is 0 Å². The second-order valence-electron chi connectivity index (χ2n) is 9.60. The van der Waals surface area contributed by atoms with E-state index in [1.165, 1.54) is 11.3 Å². The molecule has 0 radical (unpaired) electrons. The number of pyridine rings is 1. The van der Waals surface area contributed by atoms with Crippen molar-refractivity contribution in [2.45, 2.75) is 45.3 Å². The van der Waals surface area contributed by atoms with Gasteiger partial charge in [-0.2, -0.15) is 0 Å². The highest BCUT2D eigenvalue weighted by Crippen LogP contribution is 2.38. The summed E-state index contributed by atoms with van der Waals surface area (Å²) in [5.74, 6) is -2.35. The third-order valence-corrected chi connectivity index (χ3v) is 7.42. The number of aromatic nitrogens is 4. The number of halogens is 2. The standard InChI is InChI=1S/C27H29F2N7O2S/c1-3-30-25(38)35-26-34-22-11-18(19-12-32-24(16(2)37)33-13-19)10-20(23(22)39-26)21-9-17(5-7-31-21)14-36-8-4-6-27(28,29)15-36/h5,7,9-13,16,37H,3-4,6,8,14-15H2,1-2H3,(H2,30,34,35,38). The van der Waals surface area contributed by atoms with Crippen molar-refractivity contribution >= 4 is 32.7 Å². The fourth-order valence-corrected chi connectivity index (χ4v) is 5.57. The van der Waals surface area contributed by atoms with Gasteiger partial charge in [-0.1, -0.05) is 11.3 Å². The van der Waals surface area contributed by atoms with Crippen LogP contribution in [0.5, 0.6) is 0 Å². The first-order valence-electron chi connectivity index (χ1n) is 12.8. The zero-order valence-corrected chi connectivity index (χ0v) is 22.4. The predicted octanol–water partition coefficient (Wildman–Crippen LogP) is 5.24. The van der Waals surface area contributed by atoms with Crippen LogP contribution < -0.4 is 10.6 Å². The number of piperidine rings is 1. The molecule has 39 heavy (non-hydrogen) atoms. The largest absolute Gasteiger partial charge is 0.385 e. The Morgan fingerprint density at radius 2 is 2.00 bits per heavy atom. The number of hydrogen-bond acceptors (Lipinski definition) is 8. The normalized spacial score (nSPS) is 16.2. The molecule has 9 nitrogen and oxygen atoms in total. The topological polar surface area (TPSA) is 116 Å². The first kappa shape index (κ1) is 27.0. The molecular formula is C27H29F2N7O2S. The molecule has 1 aliphatic rings. The fourth-order valence-electron chi connectivity index (χ4n) is 4.61. The van der Waals surface area contributed by atoms with Gasteiger partial charge < -0.3 is 10.4 Å². The number of amides is 2. The van der Waals surface area contributed by atoms with E-state index in [4.69, 9.17) is 0 Å². The summed E-state index contributed by atoms with van der Waals surface area (Å²) in [6.45, 7) is 4.68. The maximum absolute atomic E-state index is 14.0. The van der Waals surface area contributed by atoms with E-state index in [0.29, 0.717) is 48.2 Å². The Labute approximate surface area is 228 Å². The van der Waals surface area contributed by atoms with Crippen LogP contribution in [0.3, 0.4) is 0 Å². The monoisotopic (exact) mass is 553 g/mol. The van der Waals surface area contributed by atoms with Crippen LogP contribution in [-0.2, 0) is 6.54 Å². The summed E-state index contributed by atoms with van der Waals surface area (Å²) in [6, 6.07) is 7.25. The summed E-state index contributed by atoms with van der Waals surface area (Å²) in [6.07, 6.45) is 4.56. The summed E-state index contributed by atoms with van der Waals surface area (Å²) in [4.78, 5) is 31.7. The lowest BCUT2D eigenvalue weighted by Gasteiger charge is -2.32. The number of anilines is 1. The molecule has 0 saturated carbocycles. The maximum atomic E-state index is 14.0. The van der Waals surface area contributed by atoms with Crippen molar-refractivity contribution in [2.24, 2.45) is 0 Å². The highest BCUT2D eigenvalue weighted by Gasteiger charge is 2.35. The Morgan fingerprint density at radius 1 is 1.21 bits per heavy atom. The molecule has 1 saturated heterocycles. The Hall–Kier alpha value is -3.61. The maximum Gasteiger partial charge on any atom is 0.321 e.